The number of aliphatic hydroxyl groups is 1. The zero-order chi connectivity index (χ0) is 23.1. The molecule has 0 aliphatic carbocycles. The number of hydrogen-bond donors (Lipinski definition) is 1. The third kappa shape index (κ3) is 4.96. The van der Waals surface area contributed by atoms with Crippen molar-refractivity contribution in [1.29, 1.82) is 0 Å². The van der Waals surface area contributed by atoms with E-state index < -0.39 is 17.7 Å². The highest BCUT2D eigenvalue weighted by molar-refractivity contribution is 6.46. The number of carbonyl (C=O) groups excluding carboxylic acids is 2. The van der Waals surface area contributed by atoms with Gasteiger partial charge in [0.2, 0.25) is 0 Å². The Kier molecular flexibility index (Phi) is 7.92. The number of aliphatic hydroxyl groups excluding tert-OH is 1. The number of benzene rings is 2. The number of nitrogens with zero attached hydrogens (tertiary/aromatic N) is 1. The molecule has 1 fully saturated rings. The molecule has 32 heavy (non-hydrogen) atoms. The number of rotatable bonds is 10. The van der Waals surface area contributed by atoms with Crippen LogP contribution >= 0.6 is 0 Å². The van der Waals surface area contributed by atoms with Crippen LogP contribution in [-0.4, -0.2) is 41.5 Å². The van der Waals surface area contributed by atoms with E-state index in [0.717, 1.165) is 30.6 Å². The van der Waals surface area contributed by atoms with Gasteiger partial charge < -0.3 is 19.5 Å². The molecule has 1 unspecified atom stereocenters. The van der Waals surface area contributed by atoms with Crippen LogP contribution in [0.5, 0.6) is 11.5 Å². The van der Waals surface area contributed by atoms with E-state index >= 15 is 0 Å². The topological polar surface area (TPSA) is 76.1 Å². The van der Waals surface area contributed by atoms with Gasteiger partial charge >= 0.3 is 0 Å². The summed E-state index contributed by atoms with van der Waals surface area (Å²) in [6.07, 6.45) is 2.55. The summed E-state index contributed by atoms with van der Waals surface area (Å²) in [6, 6.07) is 13.6. The molecule has 1 amide bonds. The van der Waals surface area contributed by atoms with Gasteiger partial charge in [0.15, 0.2) is 0 Å². The molecule has 2 aromatic carbocycles. The molecule has 1 atom stereocenters. The predicted octanol–water partition coefficient (Wildman–Crippen LogP) is 5.10. The Bertz CT molecular complexity index is 980. The highest BCUT2D eigenvalue weighted by Crippen LogP contribution is 2.40. The maximum atomic E-state index is 13.0. The van der Waals surface area contributed by atoms with Crippen LogP contribution in [0.3, 0.4) is 0 Å². The fourth-order valence-corrected chi connectivity index (χ4v) is 3.81. The molecule has 1 aliphatic heterocycles. The maximum absolute atomic E-state index is 13.0. The molecule has 170 valence electrons. The quantitative estimate of drug-likeness (QED) is 0.318. The molecular formula is C26H31NO5. The lowest BCUT2D eigenvalue weighted by molar-refractivity contribution is -0.139. The van der Waals surface area contributed by atoms with Crippen LogP contribution in [0, 0.1) is 0 Å². The standard InChI is InChI=1S/C26H31NO5/c1-4-7-15-27-23(18-11-13-20(14-12-18)32-16-5-2)22(25(29)26(27)30)24(28)19-9-8-10-21(17-19)31-6-3/h8-14,17,23,28H,4-7,15-16H2,1-3H3/b24-22-. The van der Waals surface area contributed by atoms with Crippen LogP contribution in [0.2, 0.25) is 0 Å². The van der Waals surface area contributed by atoms with E-state index in [1.54, 1.807) is 29.2 Å². The van der Waals surface area contributed by atoms with Crippen molar-refractivity contribution in [2.75, 3.05) is 19.8 Å². The van der Waals surface area contributed by atoms with Crippen molar-refractivity contribution in [2.45, 2.75) is 46.1 Å². The maximum Gasteiger partial charge on any atom is 0.295 e. The number of ether oxygens (including phenoxy) is 2. The molecule has 2 aromatic rings. The van der Waals surface area contributed by atoms with Crippen LogP contribution < -0.4 is 9.47 Å². The summed E-state index contributed by atoms with van der Waals surface area (Å²) >= 11 is 0. The van der Waals surface area contributed by atoms with Crippen LogP contribution in [0.1, 0.15) is 57.2 Å². The lowest BCUT2D eigenvalue weighted by Gasteiger charge is -2.25. The van der Waals surface area contributed by atoms with Crippen LogP contribution in [-0.2, 0) is 9.59 Å². The minimum atomic E-state index is -0.670. The molecule has 6 nitrogen and oxygen atoms in total. The fraction of sp³-hybridized carbons (Fsp3) is 0.385. The van der Waals surface area contributed by atoms with Crippen molar-refractivity contribution >= 4 is 17.4 Å². The summed E-state index contributed by atoms with van der Waals surface area (Å²) in [7, 11) is 0. The number of amides is 1. The number of hydrogen-bond acceptors (Lipinski definition) is 5. The van der Waals surface area contributed by atoms with Crippen LogP contribution in [0.25, 0.3) is 5.76 Å². The predicted molar refractivity (Wildman–Crippen MR) is 124 cm³/mol. The molecule has 0 bridgehead atoms. The molecule has 1 aliphatic rings. The van der Waals surface area contributed by atoms with Crippen LogP contribution in [0.15, 0.2) is 54.1 Å². The van der Waals surface area contributed by atoms with Gasteiger partial charge in [-0.15, -0.1) is 0 Å². The highest BCUT2D eigenvalue weighted by Gasteiger charge is 2.45. The normalized spacial score (nSPS) is 17.6. The Morgan fingerprint density at radius 1 is 0.969 bits per heavy atom. The molecular weight excluding hydrogens is 406 g/mol. The molecule has 0 spiro atoms. The summed E-state index contributed by atoms with van der Waals surface area (Å²) in [5.74, 6) is -0.134. The van der Waals surface area contributed by atoms with Gasteiger partial charge in [-0.3, -0.25) is 9.59 Å². The smallest absolute Gasteiger partial charge is 0.295 e. The first-order chi connectivity index (χ1) is 15.5. The average molecular weight is 438 g/mol. The minimum absolute atomic E-state index is 0.0991. The first-order valence-electron chi connectivity index (χ1n) is 11.3. The van der Waals surface area contributed by atoms with E-state index in [9.17, 15) is 14.7 Å². The van der Waals surface area contributed by atoms with E-state index in [2.05, 4.69) is 0 Å². The average Bonchev–Trinajstić information content (AvgIpc) is 3.06. The Balaban J connectivity index is 2.07. The lowest BCUT2D eigenvalue weighted by Crippen LogP contribution is -2.30. The third-order valence-electron chi connectivity index (χ3n) is 5.38. The molecule has 0 saturated carbocycles. The largest absolute Gasteiger partial charge is 0.507 e. The SMILES string of the molecule is CCCCN1C(=O)C(=O)/C(=C(\O)c2cccc(OCC)c2)C1c1ccc(OCCC)cc1. The number of ketones is 1. The van der Waals surface area contributed by atoms with E-state index in [-0.39, 0.29) is 11.3 Å². The van der Waals surface area contributed by atoms with Gasteiger partial charge in [-0.2, -0.15) is 0 Å². The zero-order valence-corrected chi connectivity index (χ0v) is 19.0. The Hall–Kier alpha value is -3.28. The summed E-state index contributed by atoms with van der Waals surface area (Å²) < 4.78 is 11.2. The number of Topliss-reactive ketones (excluding diaryl/α,β-unsaturated/α-hetero) is 1. The summed E-state index contributed by atoms with van der Waals surface area (Å²) in [4.78, 5) is 27.5. The van der Waals surface area contributed by atoms with E-state index in [0.29, 0.717) is 31.1 Å². The summed E-state index contributed by atoms with van der Waals surface area (Å²) in [6.45, 7) is 7.48. The van der Waals surface area contributed by atoms with Crippen molar-refractivity contribution in [1.82, 2.24) is 4.90 Å². The molecule has 3 rings (SSSR count). The first-order valence-corrected chi connectivity index (χ1v) is 11.3. The summed E-state index contributed by atoms with van der Waals surface area (Å²) in [5.41, 5.74) is 1.30. The molecule has 0 radical (unpaired) electrons. The van der Waals surface area contributed by atoms with Gasteiger partial charge in [-0.1, -0.05) is 44.5 Å². The number of carbonyl (C=O) groups is 2. The van der Waals surface area contributed by atoms with Crippen molar-refractivity contribution in [3.05, 3.63) is 65.2 Å². The monoisotopic (exact) mass is 437 g/mol. The summed E-state index contributed by atoms with van der Waals surface area (Å²) in [5, 5.41) is 11.1. The molecule has 1 heterocycles. The number of unbranched alkanes of at least 4 members (excludes halogenated alkanes) is 1. The Labute approximate surface area is 189 Å². The second-order valence-electron chi connectivity index (χ2n) is 7.72. The lowest BCUT2D eigenvalue weighted by atomic mass is 9.95. The van der Waals surface area contributed by atoms with Gasteiger partial charge in [-0.25, -0.2) is 0 Å². The van der Waals surface area contributed by atoms with Crippen molar-refractivity contribution in [3.63, 3.8) is 0 Å². The highest BCUT2D eigenvalue weighted by atomic mass is 16.5. The van der Waals surface area contributed by atoms with E-state index in [1.807, 2.05) is 45.0 Å². The second-order valence-corrected chi connectivity index (χ2v) is 7.72. The van der Waals surface area contributed by atoms with E-state index in [1.165, 1.54) is 0 Å². The van der Waals surface area contributed by atoms with Crippen molar-refractivity contribution < 1.29 is 24.2 Å². The van der Waals surface area contributed by atoms with Gasteiger partial charge in [0.1, 0.15) is 17.3 Å². The first kappa shape index (κ1) is 23.4. The van der Waals surface area contributed by atoms with Crippen LogP contribution in [0.4, 0.5) is 0 Å². The second kappa shape index (κ2) is 10.8. The van der Waals surface area contributed by atoms with Gasteiger partial charge in [0.25, 0.3) is 11.7 Å². The van der Waals surface area contributed by atoms with E-state index in [4.69, 9.17) is 9.47 Å². The fourth-order valence-electron chi connectivity index (χ4n) is 3.81. The van der Waals surface area contributed by atoms with Gasteiger partial charge in [0.05, 0.1) is 24.8 Å². The van der Waals surface area contributed by atoms with Crippen molar-refractivity contribution in [3.8, 4) is 11.5 Å². The Morgan fingerprint density at radius 2 is 1.72 bits per heavy atom. The zero-order valence-electron chi connectivity index (χ0n) is 19.0. The molecule has 1 N–H and O–H groups in total. The molecule has 6 heteroatoms. The molecule has 0 aromatic heterocycles. The minimum Gasteiger partial charge on any atom is -0.507 e. The molecule has 1 saturated heterocycles. The van der Waals surface area contributed by atoms with Gasteiger partial charge in [0, 0.05) is 12.1 Å². The van der Waals surface area contributed by atoms with Crippen molar-refractivity contribution in [2.24, 2.45) is 0 Å². The third-order valence-corrected chi connectivity index (χ3v) is 5.38. The number of likely N-dealkylation sites (tertiary alicyclic amines) is 1. The Morgan fingerprint density at radius 3 is 2.38 bits per heavy atom. The van der Waals surface area contributed by atoms with Gasteiger partial charge in [-0.05, 0) is 49.6 Å².